The SMILES string of the molecule is CCN(Cc1ccc(C[N+](CC)(CC)[C@@H]2CCN(c3ncccc3C(=O)OC(C)C)C2)cc1)[C@@H]1CCN(c2ncccc2C(=O)OC(C)C)C1. The molecule has 0 spiro atoms. The van der Waals surface area contributed by atoms with Crippen molar-refractivity contribution in [1.29, 1.82) is 0 Å². The second-order valence-electron chi connectivity index (χ2n) is 14.3. The van der Waals surface area contributed by atoms with Gasteiger partial charge in [0.15, 0.2) is 0 Å². The molecule has 10 nitrogen and oxygen atoms in total. The largest absolute Gasteiger partial charge is 0.459 e. The molecule has 0 amide bonds. The van der Waals surface area contributed by atoms with Crippen molar-refractivity contribution >= 4 is 23.6 Å². The van der Waals surface area contributed by atoms with Crippen LogP contribution in [-0.4, -0.2) is 101 Å². The van der Waals surface area contributed by atoms with Crippen molar-refractivity contribution < 1.29 is 23.5 Å². The Morgan fingerprint density at radius 1 is 0.780 bits per heavy atom. The lowest BCUT2D eigenvalue weighted by atomic mass is 10.1. The zero-order chi connectivity index (χ0) is 35.8. The number of carbonyl (C=O) groups excluding carboxylic acids is 2. The molecule has 2 aliphatic heterocycles. The number of aromatic nitrogens is 2. The van der Waals surface area contributed by atoms with Crippen LogP contribution in [0.3, 0.4) is 0 Å². The van der Waals surface area contributed by atoms with Gasteiger partial charge in [-0.3, -0.25) is 4.90 Å². The maximum Gasteiger partial charge on any atom is 0.342 e. The van der Waals surface area contributed by atoms with Crippen LogP contribution < -0.4 is 9.80 Å². The van der Waals surface area contributed by atoms with E-state index in [2.05, 4.69) is 69.7 Å². The van der Waals surface area contributed by atoms with Crippen molar-refractivity contribution in [1.82, 2.24) is 14.9 Å². The molecule has 3 aromatic rings. The molecule has 2 aliphatic rings. The standard InChI is InChI=1S/C40H57N6O4/c1-8-43(33-19-23-44(26-33)37-35(13-11-21-41-37)39(47)49-29(4)5)25-31-15-17-32(18-16-31)28-46(9-2,10-3)34-20-24-45(27-34)38-36(14-12-22-42-38)40(48)50-30(6)7/h11-18,21-22,29-30,33-34H,8-10,19-20,23-28H2,1-7H3/q+1/t33-,34-/m1/s1. The number of carbonyl (C=O) groups is 2. The third-order valence-electron chi connectivity index (χ3n) is 10.5. The molecule has 0 saturated carbocycles. The van der Waals surface area contributed by atoms with Crippen LogP contribution in [0.25, 0.3) is 0 Å². The zero-order valence-corrected chi connectivity index (χ0v) is 31.2. The van der Waals surface area contributed by atoms with Crippen molar-refractivity contribution in [2.75, 3.05) is 55.6 Å². The van der Waals surface area contributed by atoms with Gasteiger partial charge in [-0.25, -0.2) is 19.6 Å². The minimum atomic E-state index is -0.316. The number of likely N-dealkylation sites (N-methyl/N-ethyl adjacent to an activating group) is 2. The first-order chi connectivity index (χ1) is 24.1. The Morgan fingerprint density at radius 2 is 1.30 bits per heavy atom. The first kappa shape index (κ1) is 37.2. The summed E-state index contributed by atoms with van der Waals surface area (Å²) < 4.78 is 12.0. The molecule has 2 fully saturated rings. The van der Waals surface area contributed by atoms with Crippen LogP contribution in [0.5, 0.6) is 0 Å². The van der Waals surface area contributed by atoms with Crippen molar-refractivity contribution in [3.8, 4) is 0 Å². The molecule has 50 heavy (non-hydrogen) atoms. The molecule has 2 aromatic heterocycles. The van der Waals surface area contributed by atoms with E-state index in [0.29, 0.717) is 29.0 Å². The lowest BCUT2D eigenvalue weighted by Crippen LogP contribution is -2.55. The molecule has 4 heterocycles. The summed E-state index contributed by atoms with van der Waals surface area (Å²) >= 11 is 0. The molecule has 0 radical (unpaired) electrons. The molecule has 10 heteroatoms. The van der Waals surface area contributed by atoms with Gasteiger partial charge in [0, 0.05) is 56.6 Å². The number of rotatable bonds is 15. The fourth-order valence-electron chi connectivity index (χ4n) is 7.73. The number of ether oxygens (including phenoxy) is 2. The summed E-state index contributed by atoms with van der Waals surface area (Å²) in [7, 11) is 0. The van der Waals surface area contributed by atoms with Crippen molar-refractivity contribution in [2.24, 2.45) is 0 Å². The Balaban J connectivity index is 1.22. The Morgan fingerprint density at radius 3 is 1.82 bits per heavy atom. The molecular weight excluding hydrogens is 628 g/mol. The lowest BCUT2D eigenvalue weighted by Gasteiger charge is -2.42. The van der Waals surface area contributed by atoms with E-state index in [4.69, 9.17) is 9.47 Å². The molecule has 1 aromatic carbocycles. The van der Waals surface area contributed by atoms with E-state index in [1.807, 2.05) is 45.9 Å². The summed E-state index contributed by atoms with van der Waals surface area (Å²) in [6.07, 6.45) is 5.24. The van der Waals surface area contributed by atoms with E-state index in [1.54, 1.807) is 18.5 Å². The van der Waals surface area contributed by atoms with Crippen LogP contribution in [0.1, 0.15) is 93.2 Å². The highest BCUT2D eigenvalue weighted by molar-refractivity contribution is 5.95. The van der Waals surface area contributed by atoms with Crippen molar-refractivity contribution in [3.05, 3.63) is 83.2 Å². The average molecular weight is 686 g/mol. The molecular formula is C40H57N6O4+. The van der Waals surface area contributed by atoms with Gasteiger partial charge < -0.3 is 23.8 Å². The second kappa shape index (κ2) is 16.8. The van der Waals surface area contributed by atoms with E-state index in [0.717, 1.165) is 82.0 Å². The third-order valence-corrected chi connectivity index (χ3v) is 10.5. The molecule has 0 bridgehead atoms. The maximum absolute atomic E-state index is 12.9. The second-order valence-corrected chi connectivity index (χ2v) is 14.3. The Hall–Kier alpha value is -4.02. The number of hydrogen-bond donors (Lipinski definition) is 0. The summed E-state index contributed by atoms with van der Waals surface area (Å²) in [5.74, 6) is 0.824. The average Bonchev–Trinajstić information content (AvgIpc) is 3.81. The monoisotopic (exact) mass is 685 g/mol. The fourth-order valence-corrected chi connectivity index (χ4v) is 7.73. The zero-order valence-electron chi connectivity index (χ0n) is 31.2. The molecule has 2 atom stereocenters. The van der Waals surface area contributed by atoms with Gasteiger partial charge >= 0.3 is 11.9 Å². The Labute approximate surface area is 299 Å². The van der Waals surface area contributed by atoms with Crippen molar-refractivity contribution in [2.45, 2.75) is 98.7 Å². The smallest absolute Gasteiger partial charge is 0.342 e. The first-order valence-electron chi connectivity index (χ1n) is 18.6. The van der Waals surface area contributed by atoms with E-state index >= 15 is 0 Å². The predicted molar refractivity (Wildman–Crippen MR) is 198 cm³/mol. The fraction of sp³-hybridized carbons (Fsp3) is 0.550. The number of anilines is 2. The number of benzene rings is 1. The highest BCUT2D eigenvalue weighted by atomic mass is 16.5. The van der Waals surface area contributed by atoms with Gasteiger partial charge in [0.1, 0.15) is 35.3 Å². The summed E-state index contributed by atoms with van der Waals surface area (Å²) in [6.45, 7) is 22.6. The van der Waals surface area contributed by atoms with Gasteiger partial charge in [-0.1, -0.05) is 31.2 Å². The first-order valence-corrected chi connectivity index (χ1v) is 18.6. The third kappa shape index (κ3) is 8.64. The summed E-state index contributed by atoms with van der Waals surface area (Å²) in [5, 5.41) is 0. The van der Waals surface area contributed by atoms with Crippen LogP contribution in [0.4, 0.5) is 11.6 Å². The number of esters is 2. The van der Waals surface area contributed by atoms with Gasteiger partial charge in [0.05, 0.1) is 31.8 Å². The van der Waals surface area contributed by atoms with Gasteiger partial charge in [0.25, 0.3) is 0 Å². The quantitative estimate of drug-likeness (QED) is 0.134. The number of pyridine rings is 2. The molecule has 5 rings (SSSR count). The molecule has 270 valence electrons. The minimum Gasteiger partial charge on any atom is -0.459 e. The van der Waals surface area contributed by atoms with Gasteiger partial charge in [0.2, 0.25) is 0 Å². The van der Waals surface area contributed by atoms with E-state index in [1.165, 1.54) is 11.1 Å². The van der Waals surface area contributed by atoms with Crippen LogP contribution in [0.15, 0.2) is 60.9 Å². The summed E-state index contributed by atoms with van der Waals surface area (Å²) in [5.41, 5.74) is 3.73. The highest BCUT2D eigenvalue weighted by Crippen LogP contribution is 2.31. The minimum absolute atomic E-state index is 0.176. The van der Waals surface area contributed by atoms with Gasteiger partial charge in [-0.15, -0.1) is 0 Å². The molecule has 2 saturated heterocycles. The number of quaternary nitrogens is 1. The topological polar surface area (TPSA) is 88.1 Å². The van der Waals surface area contributed by atoms with Gasteiger partial charge in [-0.05, 0) is 84.3 Å². The lowest BCUT2D eigenvalue weighted by molar-refractivity contribution is -0.958. The molecule has 0 aliphatic carbocycles. The van der Waals surface area contributed by atoms with E-state index < -0.39 is 0 Å². The number of hydrogen-bond acceptors (Lipinski definition) is 9. The van der Waals surface area contributed by atoms with E-state index in [9.17, 15) is 9.59 Å². The normalized spacial score (nSPS) is 18.0. The summed E-state index contributed by atoms with van der Waals surface area (Å²) in [6, 6.07) is 17.3. The predicted octanol–water partition coefficient (Wildman–Crippen LogP) is 6.34. The van der Waals surface area contributed by atoms with Crippen LogP contribution in [0, 0.1) is 0 Å². The molecule has 0 unspecified atom stereocenters. The van der Waals surface area contributed by atoms with Gasteiger partial charge in [-0.2, -0.15) is 0 Å². The van der Waals surface area contributed by atoms with Crippen LogP contribution >= 0.6 is 0 Å². The van der Waals surface area contributed by atoms with Crippen LogP contribution in [0.2, 0.25) is 0 Å². The Kier molecular flexibility index (Phi) is 12.5. The maximum atomic E-state index is 12.9. The van der Waals surface area contributed by atoms with E-state index in [-0.39, 0.29) is 24.1 Å². The van der Waals surface area contributed by atoms with Crippen LogP contribution in [-0.2, 0) is 22.6 Å². The van der Waals surface area contributed by atoms with Crippen molar-refractivity contribution in [3.63, 3.8) is 0 Å². The highest BCUT2D eigenvalue weighted by Gasteiger charge is 2.40. The summed E-state index contributed by atoms with van der Waals surface area (Å²) in [4.78, 5) is 41.9. The molecule has 0 N–H and O–H groups in total. The number of nitrogens with zero attached hydrogens (tertiary/aromatic N) is 6. The Bertz CT molecular complexity index is 1570.